The smallest absolute Gasteiger partial charge is 0.282 e. The van der Waals surface area contributed by atoms with E-state index in [1.165, 1.54) is 0 Å². The van der Waals surface area contributed by atoms with Gasteiger partial charge in [-0.05, 0) is 19.4 Å². The van der Waals surface area contributed by atoms with Gasteiger partial charge in [0.25, 0.3) is 5.92 Å². The molecule has 0 rings (SSSR count). The van der Waals surface area contributed by atoms with E-state index in [1.807, 2.05) is 6.07 Å². The van der Waals surface area contributed by atoms with Gasteiger partial charge in [-0.1, -0.05) is 0 Å². The number of unbranched alkanes of at least 4 members (excludes halogenated alkanes) is 2. The van der Waals surface area contributed by atoms with Crippen molar-refractivity contribution in [3.63, 3.8) is 0 Å². The van der Waals surface area contributed by atoms with Crippen LogP contribution in [0.2, 0.25) is 0 Å². The fourth-order valence-corrected chi connectivity index (χ4v) is 0.781. The van der Waals surface area contributed by atoms with E-state index in [4.69, 9.17) is 10.4 Å². The molecule has 0 bridgehead atoms. The Morgan fingerprint density at radius 2 is 2.08 bits per heavy atom. The third-order valence-corrected chi connectivity index (χ3v) is 1.51. The van der Waals surface area contributed by atoms with Crippen LogP contribution in [0.15, 0.2) is 0 Å². The summed E-state index contributed by atoms with van der Waals surface area (Å²) in [4.78, 5) is 0. The van der Waals surface area contributed by atoms with E-state index < -0.39 is 19.1 Å². The molecule has 13 heavy (non-hydrogen) atoms. The second kappa shape index (κ2) is 6.75. The summed E-state index contributed by atoms with van der Waals surface area (Å²) >= 11 is 0. The van der Waals surface area contributed by atoms with Crippen LogP contribution in [0.5, 0.6) is 0 Å². The Morgan fingerprint density at radius 1 is 1.38 bits per heavy atom. The molecule has 0 aromatic heterocycles. The minimum Gasteiger partial charge on any atom is -0.390 e. The van der Waals surface area contributed by atoms with Crippen LogP contribution >= 0.6 is 0 Å². The minimum atomic E-state index is -3.03. The number of nitrogens with zero attached hydrogens (tertiary/aromatic N) is 1. The Morgan fingerprint density at radius 3 is 2.62 bits per heavy atom. The first kappa shape index (κ1) is 12.3. The van der Waals surface area contributed by atoms with Crippen LogP contribution in [0.25, 0.3) is 0 Å². The lowest BCUT2D eigenvalue weighted by atomic mass is 10.2. The SMILES string of the molecule is N#CCCCCNCC(F)(F)CO. The molecule has 5 heteroatoms. The van der Waals surface area contributed by atoms with Crippen molar-refractivity contribution in [3.8, 4) is 6.07 Å². The normalized spacial score (nSPS) is 11.2. The lowest BCUT2D eigenvalue weighted by Gasteiger charge is -2.13. The summed E-state index contributed by atoms with van der Waals surface area (Å²) in [5, 5.41) is 18.9. The molecule has 0 saturated carbocycles. The highest BCUT2D eigenvalue weighted by atomic mass is 19.3. The lowest BCUT2D eigenvalue weighted by molar-refractivity contribution is -0.0474. The fourth-order valence-electron chi connectivity index (χ4n) is 0.781. The number of aliphatic hydroxyl groups excluding tert-OH is 1. The molecule has 0 saturated heterocycles. The highest BCUT2D eigenvalue weighted by Gasteiger charge is 2.26. The quantitative estimate of drug-likeness (QED) is 0.589. The van der Waals surface area contributed by atoms with Crippen molar-refractivity contribution in [1.29, 1.82) is 5.26 Å². The zero-order valence-corrected chi connectivity index (χ0v) is 7.39. The first-order valence-electron chi connectivity index (χ1n) is 4.19. The Bertz CT molecular complexity index is 168. The molecule has 0 radical (unpaired) electrons. The van der Waals surface area contributed by atoms with Gasteiger partial charge in [-0.2, -0.15) is 5.26 Å². The van der Waals surface area contributed by atoms with Gasteiger partial charge in [0.1, 0.15) is 6.61 Å². The summed E-state index contributed by atoms with van der Waals surface area (Å²) in [7, 11) is 0. The summed E-state index contributed by atoms with van der Waals surface area (Å²) in [5.41, 5.74) is 0. The second-order valence-electron chi connectivity index (χ2n) is 2.81. The maximum Gasteiger partial charge on any atom is 0.282 e. The molecule has 0 aliphatic carbocycles. The van der Waals surface area contributed by atoms with Crippen LogP contribution in [-0.2, 0) is 0 Å². The number of hydrogen-bond donors (Lipinski definition) is 2. The first-order valence-corrected chi connectivity index (χ1v) is 4.19. The van der Waals surface area contributed by atoms with Gasteiger partial charge in [-0.3, -0.25) is 0 Å². The third-order valence-electron chi connectivity index (χ3n) is 1.51. The van der Waals surface area contributed by atoms with Gasteiger partial charge in [0, 0.05) is 6.42 Å². The molecular formula is C8H14F2N2O. The standard InChI is InChI=1S/C8H14F2N2O/c9-8(10,7-13)6-12-5-3-1-2-4-11/h12-13H,1-3,5-7H2. The van der Waals surface area contributed by atoms with Crippen molar-refractivity contribution in [2.24, 2.45) is 0 Å². The predicted molar refractivity (Wildman–Crippen MR) is 44.4 cm³/mol. The highest BCUT2D eigenvalue weighted by molar-refractivity contribution is 4.70. The molecule has 0 atom stereocenters. The van der Waals surface area contributed by atoms with Crippen LogP contribution in [0.4, 0.5) is 8.78 Å². The lowest BCUT2D eigenvalue weighted by Crippen LogP contribution is -2.36. The molecule has 0 aliphatic rings. The van der Waals surface area contributed by atoms with Gasteiger partial charge < -0.3 is 10.4 Å². The summed E-state index contributed by atoms with van der Waals surface area (Å²) in [6.45, 7) is -1.18. The van der Waals surface area contributed by atoms with Crippen LogP contribution in [-0.4, -0.2) is 30.7 Å². The van der Waals surface area contributed by atoms with Gasteiger partial charge in [0.05, 0.1) is 12.6 Å². The maximum atomic E-state index is 12.4. The van der Waals surface area contributed by atoms with Crippen molar-refractivity contribution in [2.45, 2.75) is 25.2 Å². The highest BCUT2D eigenvalue weighted by Crippen LogP contribution is 2.09. The summed E-state index contributed by atoms with van der Waals surface area (Å²) in [6, 6.07) is 1.97. The number of nitriles is 1. The molecule has 0 aromatic rings. The molecule has 0 heterocycles. The van der Waals surface area contributed by atoms with E-state index in [0.29, 0.717) is 25.8 Å². The van der Waals surface area contributed by atoms with E-state index in [-0.39, 0.29) is 0 Å². The molecule has 2 N–H and O–H groups in total. The fraction of sp³-hybridized carbons (Fsp3) is 0.875. The van der Waals surface area contributed by atoms with E-state index >= 15 is 0 Å². The first-order chi connectivity index (χ1) is 6.12. The van der Waals surface area contributed by atoms with E-state index in [2.05, 4.69) is 5.32 Å². The minimum absolute atomic E-state index is 0.456. The number of aliphatic hydroxyl groups is 1. The molecule has 0 aromatic carbocycles. The monoisotopic (exact) mass is 192 g/mol. The van der Waals surface area contributed by atoms with Crippen molar-refractivity contribution in [1.82, 2.24) is 5.32 Å². The van der Waals surface area contributed by atoms with Crippen LogP contribution < -0.4 is 5.32 Å². The molecule has 76 valence electrons. The third kappa shape index (κ3) is 7.62. The van der Waals surface area contributed by atoms with Gasteiger partial charge in [-0.15, -0.1) is 0 Å². The Hall–Kier alpha value is -0.730. The van der Waals surface area contributed by atoms with Gasteiger partial charge in [0.2, 0.25) is 0 Å². The average molecular weight is 192 g/mol. The number of rotatable bonds is 7. The Kier molecular flexibility index (Phi) is 6.37. The summed E-state index contributed by atoms with van der Waals surface area (Å²) in [5.74, 6) is -3.03. The molecule has 3 nitrogen and oxygen atoms in total. The Labute approximate surface area is 76.4 Å². The zero-order chi connectivity index (χ0) is 10.2. The molecular weight excluding hydrogens is 178 g/mol. The molecule has 0 fully saturated rings. The van der Waals surface area contributed by atoms with Crippen LogP contribution in [0.1, 0.15) is 19.3 Å². The van der Waals surface area contributed by atoms with Crippen LogP contribution in [0, 0.1) is 11.3 Å². The molecule has 0 spiro atoms. The average Bonchev–Trinajstić information content (AvgIpc) is 2.11. The van der Waals surface area contributed by atoms with Crippen molar-refractivity contribution in [2.75, 3.05) is 19.7 Å². The van der Waals surface area contributed by atoms with Gasteiger partial charge >= 0.3 is 0 Å². The predicted octanol–water partition coefficient (Wildman–Crippen LogP) is 0.897. The van der Waals surface area contributed by atoms with Gasteiger partial charge in [0.15, 0.2) is 0 Å². The van der Waals surface area contributed by atoms with Crippen molar-refractivity contribution >= 4 is 0 Å². The number of alkyl halides is 2. The summed E-state index contributed by atoms with van der Waals surface area (Å²) < 4.78 is 24.7. The number of halogens is 2. The molecule has 0 aliphatic heterocycles. The second-order valence-corrected chi connectivity index (χ2v) is 2.81. The number of nitrogens with one attached hydrogen (secondary N) is 1. The topological polar surface area (TPSA) is 56.0 Å². The number of hydrogen-bond acceptors (Lipinski definition) is 3. The van der Waals surface area contributed by atoms with Crippen molar-refractivity contribution in [3.05, 3.63) is 0 Å². The van der Waals surface area contributed by atoms with E-state index in [1.54, 1.807) is 0 Å². The van der Waals surface area contributed by atoms with E-state index in [9.17, 15) is 8.78 Å². The largest absolute Gasteiger partial charge is 0.390 e. The molecule has 0 unspecified atom stereocenters. The van der Waals surface area contributed by atoms with Crippen LogP contribution in [0.3, 0.4) is 0 Å². The zero-order valence-electron chi connectivity index (χ0n) is 7.39. The maximum absolute atomic E-state index is 12.4. The van der Waals surface area contributed by atoms with E-state index in [0.717, 1.165) is 0 Å². The van der Waals surface area contributed by atoms with Crippen molar-refractivity contribution < 1.29 is 13.9 Å². The Balaban J connectivity index is 3.22. The van der Waals surface area contributed by atoms with Gasteiger partial charge in [-0.25, -0.2) is 8.78 Å². The molecule has 0 amide bonds. The summed E-state index contributed by atoms with van der Waals surface area (Å²) in [6.07, 6.45) is 1.88.